The van der Waals surface area contributed by atoms with Gasteiger partial charge in [0.2, 0.25) is 0 Å². The van der Waals surface area contributed by atoms with E-state index in [1.54, 1.807) is 0 Å². The number of aliphatic hydroxyl groups excluding tert-OH is 4. The summed E-state index contributed by atoms with van der Waals surface area (Å²) in [5, 5.41) is 52.3. The fourth-order valence-electron chi connectivity index (χ4n) is 11.9. The van der Waals surface area contributed by atoms with Gasteiger partial charge in [-0.2, -0.15) is 0 Å². The number of ether oxygens (including phenoxy) is 2. The lowest BCUT2D eigenvalue weighted by Crippen LogP contribution is -2.66. The Morgan fingerprint density at radius 1 is 0.930 bits per heavy atom. The van der Waals surface area contributed by atoms with Gasteiger partial charge < -0.3 is 35.0 Å². The van der Waals surface area contributed by atoms with Crippen LogP contribution in [0.15, 0.2) is 11.6 Å². The monoisotopic (exact) mass is 604 g/mol. The second kappa shape index (κ2) is 10.2. The van der Waals surface area contributed by atoms with E-state index in [1.807, 2.05) is 0 Å². The SMILES string of the molecule is CC1(C)CC[C@]2(C(=O)O)CC[C@]3(C)C(=CC[C@@H]4[C@]5(C)CC[C@H](O[C@@H]6OC[C@H](O)[C@H](O)[C@H]6O)[C@](C)(CO)[C@H]5CC[C@]43C)[C@H]2C1. The highest BCUT2D eigenvalue weighted by atomic mass is 16.7. The molecule has 0 bridgehead atoms. The van der Waals surface area contributed by atoms with Crippen molar-refractivity contribution in [1.82, 2.24) is 0 Å². The summed E-state index contributed by atoms with van der Waals surface area (Å²) in [5.41, 5.74) is 0.232. The number of aliphatic carboxylic acids is 1. The fraction of sp³-hybridized carbons (Fsp3) is 0.914. The quantitative estimate of drug-likeness (QED) is 0.231. The molecule has 1 saturated heterocycles. The normalized spacial score (nSPS) is 54.3. The van der Waals surface area contributed by atoms with Gasteiger partial charge in [-0.05, 0) is 104 Å². The zero-order valence-electron chi connectivity index (χ0n) is 27.1. The van der Waals surface area contributed by atoms with Gasteiger partial charge in [0.25, 0.3) is 0 Å². The largest absolute Gasteiger partial charge is 0.481 e. The summed E-state index contributed by atoms with van der Waals surface area (Å²) in [5.74, 6) is 0.0529. The molecule has 0 unspecified atom stereocenters. The molecule has 244 valence electrons. The minimum atomic E-state index is -1.36. The van der Waals surface area contributed by atoms with Crippen LogP contribution in [0.3, 0.4) is 0 Å². The molecule has 0 aromatic rings. The van der Waals surface area contributed by atoms with E-state index < -0.39 is 41.4 Å². The van der Waals surface area contributed by atoms with E-state index in [9.17, 15) is 30.3 Å². The Balaban J connectivity index is 1.32. The Labute approximate surface area is 257 Å². The minimum absolute atomic E-state index is 0.0154. The van der Waals surface area contributed by atoms with Gasteiger partial charge >= 0.3 is 5.97 Å². The zero-order valence-corrected chi connectivity index (χ0v) is 27.1. The highest BCUT2D eigenvalue weighted by Crippen LogP contribution is 2.76. The van der Waals surface area contributed by atoms with Crippen molar-refractivity contribution in [2.45, 2.75) is 136 Å². The van der Waals surface area contributed by atoms with Gasteiger partial charge in [0.1, 0.15) is 18.3 Å². The van der Waals surface area contributed by atoms with Gasteiger partial charge in [0.05, 0.1) is 24.7 Å². The number of carboxylic acid groups (broad SMARTS) is 1. The van der Waals surface area contributed by atoms with Gasteiger partial charge in [-0.25, -0.2) is 0 Å². The highest BCUT2D eigenvalue weighted by Gasteiger charge is 2.70. The van der Waals surface area contributed by atoms with Crippen molar-refractivity contribution in [2.24, 2.45) is 50.2 Å². The number of allylic oxidation sites excluding steroid dienone is 2. The number of hydrogen-bond acceptors (Lipinski definition) is 7. The third kappa shape index (κ3) is 4.32. The Morgan fingerprint density at radius 3 is 2.30 bits per heavy atom. The smallest absolute Gasteiger partial charge is 0.310 e. The first-order valence-electron chi connectivity index (χ1n) is 16.9. The molecule has 4 saturated carbocycles. The van der Waals surface area contributed by atoms with Crippen molar-refractivity contribution in [1.29, 1.82) is 0 Å². The maximum Gasteiger partial charge on any atom is 0.310 e. The Kier molecular flexibility index (Phi) is 7.60. The van der Waals surface area contributed by atoms with Crippen LogP contribution >= 0.6 is 0 Å². The molecular formula is C35H56O8. The molecule has 0 radical (unpaired) electrons. The number of carboxylic acids is 1. The number of carbonyl (C=O) groups is 1. The van der Waals surface area contributed by atoms with Gasteiger partial charge in [-0.15, -0.1) is 0 Å². The molecule has 13 atom stereocenters. The van der Waals surface area contributed by atoms with Crippen molar-refractivity contribution in [3.05, 3.63) is 11.6 Å². The molecule has 0 spiro atoms. The molecular weight excluding hydrogens is 548 g/mol. The van der Waals surface area contributed by atoms with Crippen LogP contribution in [-0.2, 0) is 14.3 Å². The average molecular weight is 605 g/mol. The lowest BCUT2D eigenvalue weighted by atomic mass is 9.33. The second-order valence-corrected chi connectivity index (χ2v) is 17.3. The van der Waals surface area contributed by atoms with Gasteiger partial charge in [-0.1, -0.05) is 53.2 Å². The molecule has 43 heavy (non-hydrogen) atoms. The summed E-state index contributed by atoms with van der Waals surface area (Å²) >= 11 is 0. The van der Waals surface area contributed by atoms with E-state index in [2.05, 4.69) is 47.6 Å². The summed E-state index contributed by atoms with van der Waals surface area (Å²) in [7, 11) is 0. The first-order valence-corrected chi connectivity index (χ1v) is 16.9. The molecule has 8 nitrogen and oxygen atoms in total. The van der Waals surface area contributed by atoms with Crippen LogP contribution in [-0.4, -0.2) is 75.4 Å². The van der Waals surface area contributed by atoms with Gasteiger partial charge in [0.15, 0.2) is 6.29 Å². The van der Waals surface area contributed by atoms with Crippen LogP contribution in [0.1, 0.15) is 106 Å². The summed E-state index contributed by atoms with van der Waals surface area (Å²) < 4.78 is 12.0. The van der Waals surface area contributed by atoms with Crippen LogP contribution < -0.4 is 0 Å². The number of rotatable bonds is 4. The predicted octanol–water partition coefficient (Wildman–Crippen LogP) is 4.67. The maximum absolute atomic E-state index is 12.9. The van der Waals surface area contributed by atoms with Crippen LogP contribution in [0.5, 0.6) is 0 Å². The standard InChI is InChI=1S/C35H56O8/c1-30(2)13-15-35(29(40)41)16-14-33(5)20(21(35)17-30)7-8-24-31(3)11-10-25(43-28-27(39)26(38)22(37)18-42-28)32(4,19-36)23(31)9-12-34(24,33)6/h7,21-28,36-39H,8-19H2,1-6H3,(H,40,41)/t21-,22+,23+,24-,25+,26+,27-,28+,31-,32-,33-,34-,35+/m1/s1. The molecule has 8 heteroatoms. The maximum atomic E-state index is 12.9. The summed E-state index contributed by atoms with van der Waals surface area (Å²) in [6.07, 6.45) is 6.03. The second-order valence-electron chi connectivity index (χ2n) is 17.3. The van der Waals surface area contributed by atoms with Crippen molar-refractivity contribution in [3.8, 4) is 0 Å². The molecule has 5 N–H and O–H groups in total. The van der Waals surface area contributed by atoms with E-state index in [0.717, 1.165) is 57.8 Å². The van der Waals surface area contributed by atoms with Crippen molar-refractivity contribution in [3.63, 3.8) is 0 Å². The van der Waals surface area contributed by atoms with E-state index >= 15 is 0 Å². The summed E-state index contributed by atoms with van der Waals surface area (Å²) in [6.45, 7) is 13.9. The van der Waals surface area contributed by atoms with E-state index in [4.69, 9.17) is 9.47 Å². The minimum Gasteiger partial charge on any atom is -0.481 e. The topological polar surface area (TPSA) is 137 Å². The molecule has 5 fully saturated rings. The summed E-state index contributed by atoms with van der Waals surface area (Å²) in [6, 6.07) is 0. The summed E-state index contributed by atoms with van der Waals surface area (Å²) in [4.78, 5) is 12.9. The molecule has 0 amide bonds. The van der Waals surface area contributed by atoms with E-state index in [1.165, 1.54) is 5.57 Å². The Morgan fingerprint density at radius 2 is 1.63 bits per heavy atom. The zero-order chi connectivity index (χ0) is 31.4. The molecule has 6 rings (SSSR count). The van der Waals surface area contributed by atoms with Crippen LogP contribution in [0.4, 0.5) is 0 Å². The third-order valence-electron chi connectivity index (χ3n) is 14.9. The number of hydrogen-bond donors (Lipinski definition) is 5. The van der Waals surface area contributed by atoms with Gasteiger partial charge in [-0.3, -0.25) is 4.79 Å². The fourth-order valence-corrected chi connectivity index (χ4v) is 11.9. The average Bonchev–Trinajstić information content (AvgIpc) is 2.94. The third-order valence-corrected chi connectivity index (χ3v) is 14.9. The molecule has 5 aliphatic carbocycles. The van der Waals surface area contributed by atoms with Gasteiger partial charge in [0, 0.05) is 5.41 Å². The number of aliphatic hydroxyl groups is 4. The molecule has 0 aromatic heterocycles. The molecule has 1 aliphatic heterocycles. The van der Waals surface area contributed by atoms with Crippen LogP contribution in [0.2, 0.25) is 0 Å². The lowest BCUT2D eigenvalue weighted by molar-refractivity contribution is -0.312. The van der Waals surface area contributed by atoms with Crippen molar-refractivity contribution < 1.29 is 39.8 Å². The highest BCUT2D eigenvalue weighted by molar-refractivity contribution is 5.76. The molecule has 0 aromatic carbocycles. The van der Waals surface area contributed by atoms with Crippen molar-refractivity contribution in [2.75, 3.05) is 13.2 Å². The molecule has 1 heterocycles. The molecule has 6 aliphatic rings. The first-order chi connectivity index (χ1) is 20.0. The predicted molar refractivity (Wildman–Crippen MR) is 161 cm³/mol. The van der Waals surface area contributed by atoms with E-state index in [-0.39, 0.29) is 52.8 Å². The lowest BCUT2D eigenvalue weighted by Gasteiger charge is -2.71. The Hall–Kier alpha value is -1.03. The Bertz CT molecular complexity index is 1150. The first kappa shape index (κ1) is 31.9. The van der Waals surface area contributed by atoms with Crippen molar-refractivity contribution >= 4 is 5.97 Å². The number of fused-ring (bicyclic) bond motifs is 7. The van der Waals surface area contributed by atoms with Crippen LogP contribution in [0.25, 0.3) is 0 Å². The van der Waals surface area contributed by atoms with Crippen LogP contribution in [0, 0.1) is 50.2 Å². The van der Waals surface area contributed by atoms with E-state index in [0.29, 0.717) is 12.3 Å².